The monoisotopic (exact) mass is 462 g/mol. The van der Waals surface area contributed by atoms with E-state index < -0.39 is 5.54 Å². The van der Waals surface area contributed by atoms with E-state index in [0.717, 1.165) is 46.8 Å². The molecule has 0 saturated carbocycles. The van der Waals surface area contributed by atoms with E-state index in [0.29, 0.717) is 13.2 Å². The summed E-state index contributed by atoms with van der Waals surface area (Å²) < 4.78 is 21.4. The summed E-state index contributed by atoms with van der Waals surface area (Å²) in [6.07, 6.45) is 9.37. The molecule has 1 N–H and O–H groups in total. The Kier molecular flexibility index (Phi) is 6.06. The SMILES string of the molecule is Cc1ncn2c1COc1cc(C=CCCCN3C=NOCC3(CO)c3ccc(F)cc3)ccc1-2. The Morgan fingerprint density at radius 2 is 2.06 bits per heavy atom. The Morgan fingerprint density at radius 3 is 2.88 bits per heavy atom. The van der Waals surface area contributed by atoms with Gasteiger partial charge in [-0.15, -0.1) is 0 Å². The third-order valence-electron chi connectivity index (χ3n) is 6.52. The van der Waals surface area contributed by atoms with E-state index in [1.807, 2.05) is 24.2 Å². The van der Waals surface area contributed by atoms with Crippen molar-refractivity contribution in [3.05, 3.63) is 83.2 Å². The molecule has 34 heavy (non-hydrogen) atoms. The number of imidazole rings is 1. The first kappa shape index (κ1) is 22.2. The molecular weight excluding hydrogens is 435 g/mol. The third kappa shape index (κ3) is 4.05. The molecular formula is C26H27FN4O3. The molecule has 2 aromatic carbocycles. The number of aryl methyl sites for hydroxylation is 1. The zero-order chi connectivity index (χ0) is 23.5. The molecule has 0 bridgehead atoms. The van der Waals surface area contributed by atoms with Gasteiger partial charge in [0, 0.05) is 6.54 Å². The predicted molar refractivity (Wildman–Crippen MR) is 127 cm³/mol. The van der Waals surface area contributed by atoms with Crippen LogP contribution >= 0.6 is 0 Å². The van der Waals surface area contributed by atoms with Gasteiger partial charge in [-0.25, -0.2) is 9.37 Å². The normalized spacial score (nSPS) is 19.0. The number of fused-ring (bicyclic) bond motifs is 3. The Bertz CT molecular complexity index is 1220. The number of benzene rings is 2. The van der Waals surface area contributed by atoms with Gasteiger partial charge in [-0.2, -0.15) is 0 Å². The highest BCUT2D eigenvalue weighted by molar-refractivity contribution is 5.60. The molecule has 5 rings (SSSR count). The van der Waals surface area contributed by atoms with Crippen LogP contribution < -0.4 is 4.74 Å². The van der Waals surface area contributed by atoms with Crippen LogP contribution in [-0.2, 0) is 17.0 Å². The Hall–Kier alpha value is -3.65. The second-order valence-electron chi connectivity index (χ2n) is 8.59. The number of aromatic nitrogens is 2. The second-order valence-corrected chi connectivity index (χ2v) is 8.59. The van der Waals surface area contributed by atoms with E-state index in [9.17, 15) is 9.50 Å². The van der Waals surface area contributed by atoms with Gasteiger partial charge in [-0.3, -0.25) is 4.57 Å². The molecule has 2 aliphatic heterocycles. The Morgan fingerprint density at radius 1 is 1.21 bits per heavy atom. The first-order valence-electron chi connectivity index (χ1n) is 11.4. The molecule has 1 atom stereocenters. The standard InChI is InChI=1S/C26H27FN4O3/c1-19-24-14-33-25-13-20(6-11-23(25)31(24)17-28-19)5-3-2-4-12-30-18-29-34-16-26(30,15-32)21-7-9-22(27)10-8-21/h3,5-11,13,17-18,32H,2,4,12,14-16H2,1H3. The number of rotatable bonds is 7. The van der Waals surface area contributed by atoms with Gasteiger partial charge in [-0.1, -0.05) is 35.5 Å². The second kappa shape index (κ2) is 9.30. The van der Waals surface area contributed by atoms with Crippen LogP contribution in [0.3, 0.4) is 0 Å². The largest absolute Gasteiger partial charge is 0.485 e. The summed E-state index contributed by atoms with van der Waals surface area (Å²) in [5.74, 6) is 0.538. The van der Waals surface area contributed by atoms with E-state index in [4.69, 9.17) is 9.57 Å². The maximum Gasteiger partial charge on any atom is 0.146 e. The molecule has 1 unspecified atom stereocenters. The molecule has 176 valence electrons. The summed E-state index contributed by atoms with van der Waals surface area (Å²) in [7, 11) is 0. The summed E-state index contributed by atoms with van der Waals surface area (Å²) in [5.41, 5.74) is 4.17. The number of oxime groups is 1. The lowest BCUT2D eigenvalue weighted by atomic mass is 9.89. The summed E-state index contributed by atoms with van der Waals surface area (Å²) in [6.45, 7) is 3.23. The third-order valence-corrected chi connectivity index (χ3v) is 6.52. The summed E-state index contributed by atoms with van der Waals surface area (Å²) in [6, 6.07) is 12.3. The minimum absolute atomic E-state index is 0.159. The zero-order valence-electron chi connectivity index (χ0n) is 19.0. The van der Waals surface area contributed by atoms with Crippen molar-refractivity contribution in [1.29, 1.82) is 0 Å². The van der Waals surface area contributed by atoms with Crippen molar-refractivity contribution >= 4 is 12.4 Å². The van der Waals surface area contributed by atoms with Gasteiger partial charge < -0.3 is 19.6 Å². The number of aliphatic hydroxyl groups excluding tert-OH is 1. The smallest absolute Gasteiger partial charge is 0.146 e. The number of unbranched alkanes of at least 4 members (excludes halogenated alkanes) is 1. The van der Waals surface area contributed by atoms with Gasteiger partial charge in [0.25, 0.3) is 0 Å². The maximum atomic E-state index is 13.4. The van der Waals surface area contributed by atoms with Crippen molar-refractivity contribution in [1.82, 2.24) is 14.5 Å². The topological polar surface area (TPSA) is 72.1 Å². The van der Waals surface area contributed by atoms with Crippen molar-refractivity contribution in [2.45, 2.75) is 31.9 Å². The minimum atomic E-state index is -0.778. The van der Waals surface area contributed by atoms with Gasteiger partial charge in [0.2, 0.25) is 0 Å². The van der Waals surface area contributed by atoms with E-state index in [-0.39, 0.29) is 19.0 Å². The van der Waals surface area contributed by atoms with Crippen LogP contribution in [0.4, 0.5) is 4.39 Å². The van der Waals surface area contributed by atoms with Crippen molar-refractivity contribution in [2.75, 3.05) is 19.8 Å². The Balaban J connectivity index is 1.22. The van der Waals surface area contributed by atoms with Crippen LogP contribution in [-0.4, -0.2) is 45.7 Å². The van der Waals surface area contributed by atoms with Crippen molar-refractivity contribution in [2.24, 2.45) is 5.16 Å². The lowest BCUT2D eigenvalue weighted by molar-refractivity contribution is -0.0316. The average Bonchev–Trinajstić information content (AvgIpc) is 3.25. The number of hydrogen-bond acceptors (Lipinski definition) is 6. The fourth-order valence-corrected chi connectivity index (χ4v) is 4.47. The van der Waals surface area contributed by atoms with E-state index >= 15 is 0 Å². The summed E-state index contributed by atoms with van der Waals surface area (Å²) in [5, 5.41) is 14.2. The number of allylic oxidation sites excluding steroid dienone is 1. The number of ether oxygens (including phenoxy) is 1. The predicted octanol–water partition coefficient (Wildman–Crippen LogP) is 4.17. The molecule has 0 radical (unpaired) electrons. The minimum Gasteiger partial charge on any atom is -0.485 e. The molecule has 0 fully saturated rings. The van der Waals surface area contributed by atoms with Gasteiger partial charge in [0.15, 0.2) is 0 Å². The van der Waals surface area contributed by atoms with Gasteiger partial charge in [0.05, 0.1) is 30.0 Å². The van der Waals surface area contributed by atoms with Crippen molar-refractivity contribution in [3.63, 3.8) is 0 Å². The van der Waals surface area contributed by atoms with Crippen molar-refractivity contribution in [3.8, 4) is 11.4 Å². The molecule has 1 aromatic heterocycles. The van der Waals surface area contributed by atoms with Crippen molar-refractivity contribution < 1.29 is 19.1 Å². The fourth-order valence-electron chi connectivity index (χ4n) is 4.47. The first-order valence-corrected chi connectivity index (χ1v) is 11.4. The van der Waals surface area contributed by atoms with Crippen LogP contribution in [0.2, 0.25) is 0 Å². The highest BCUT2D eigenvalue weighted by Crippen LogP contribution is 2.33. The van der Waals surface area contributed by atoms with E-state index in [2.05, 4.69) is 39.0 Å². The van der Waals surface area contributed by atoms with Crippen LogP contribution in [0.1, 0.15) is 35.4 Å². The van der Waals surface area contributed by atoms with Crippen LogP contribution in [0.5, 0.6) is 5.75 Å². The number of hydrogen-bond donors (Lipinski definition) is 1. The lowest BCUT2D eigenvalue weighted by Crippen LogP contribution is -2.53. The first-order chi connectivity index (χ1) is 16.6. The number of nitrogens with zero attached hydrogens (tertiary/aromatic N) is 4. The summed E-state index contributed by atoms with van der Waals surface area (Å²) >= 11 is 0. The molecule has 0 amide bonds. The molecule has 7 nitrogen and oxygen atoms in total. The van der Waals surface area contributed by atoms with E-state index in [1.165, 1.54) is 12.1 Å². The average molecular weight is 463 g/mol. The maximum absolute atomic E-state index is 13.4. The highest BCUT2D eigenvalue weighted by atomic mass is 19.1. The molecule has 8 heteroatoms. The zero-order valence-corrected chi connectivity index (χ0v) is 19.0. The van der Waals surface area contributed by atoms with E-state index in [1.54, 1.807) is 18.5 Å². The van der Waals surface area contributed by atoms with Gasteiger partial charge in [-0.05, 0) is 55.2 Å². The van der Waals surface area contributed by atoms with Crippen LogP contribution in [0.15, 0.2) is 60.0 Å². The summed E-state index contributed by atoms with van der Waals surface area (Å²) in [4.78, 5) is 11.7. The molecule has 2 aliphatic rings. The quantitative estimate of drug-likeness (QED) is 0.534. The fraction of sp³-hybridized carbons (Fsp3) is 0.308. The number of halogens is 1. The molecule has 0 spiro atoms. The Labute approximate surface area is 197 Å². The molecule has 0 aliphatic carbocycles. The van der Waals surface area contributed by atoms with Gasteiger partial charge in [0.1, 0.15) is 36.7 Å². The molecule has 0 saturated heterocycles. The van der Waals surface area contributed by atoms with Gasteiger partial charge >= 0.3 is 0 Å². The number of aliphatic hydroxyl groups is 1. The van der Waals surface area contributed by atoms with Crippen LogP contribution in [0.25, 0.3) is 11.8 Å². The lowest BCUT2D eigenvalue weighted by Gasteiger charge is -2.43. The van der Waals surface area contributed by atoms with Crippen LogP contribution in [0, 0.1) is 12.7 Å². The highest BCUT2D eigenvalue weighted by Gasteiger charge is 2.40. The molecule has 3 aromatic rings. The molecule has 3 heterocycles.